The summed E-state index contributed by atoms with van der Waals surface area (Å²) < 4.78 is 0. The molecule has 1 rings (SSSR count). The normalized spacial score (nSPS) is 16.9. The fourth-order valence-corrected chi connectivity index (χ4v) is 1.89. The minimum absolute atomic E-state index is 0.211. The molecule has 1 saturated carbocycles. The van der Waals surface area contributed by atoms with Gasteiger partial charge in [0.1, 0.15) is 0 Å². The number of nitrogens with two attached hydrogens (primary N) is 1. The standard InChI is InChI=1S/C10H16N2O/c1-2-10(13)12(8-7-11)9-5-3-4-6-9/h1,9H,3-8,11H2. The summed E-state index contributed by atoms with van der Waals surface area (Å²) in [5, 5.41) is 0. The number of terminal acetylenes is 1. The molecule has 72 valence electrons. The van der Waals surface area contributed by atoms with E-state index in [2.05, 4.69) is 5.92 Å². The average Bonchev–Trinajstić information content (AvgIpc) is 2.65. The van der Waals surface area contributed by atoms with Crippen molar-refractivity contribution >= 4 is 5.91 Å². The van der Waals surface area contributed by atoms with E-state index in [4.69, 9.17) is 12.2 Å². The lowest BCUT2D eigenvalue weighted by molar-refractivity contribution is -0.127. The number of amides is 1. The van der Waals surface area contributed by atoms with Crippen LogP contribution in [0.4, 0.5) is 0 Å². The van der Waals surface area contributed by atoms with E-state index >= 15 is 0 Å². The molecule has 1 amide bonds. The molecule has 1 fully saturated rings. The molecule has 2 N–H and O–H groups in total. The lowest BCUT2D eigenvalue weighted by Gasteiger charge is -2.26. The van der Waals surface area contributed by atoms with E-state index in [-0.39, 0.29) is 5.91 Å². The van der Waals surface area contributed by atoms with Crippen molar-refractivity contribution < 1.29 is 4.79 Å². The molecule has 3 nitrogen and oxygen atoms in total. The quantitative estimate of drug-likeness (QED) is 0.637. The number of nitrogens with zero attached hydrogens (tertiary/aromatic N) is 1. The number of carbonyl (C=O) groups is 1. The van der Waals surface area contributed by atoms with Crippen molar-refractivity contribution in [1.29, 1.82) is 0 Å². The van der Waals surface area contributed by atoms with Crippen LogP contribution in [-0.4, -0.2) is 29.9 Å². The van der Waals surface area contributed by atoms with Gasteiger partial charge in [0.2, 0.25) is 0 Å². The molecule has 0 radical (unpaired) electrons. The molecular formula is C10H16N2O. The zero-order chi connectivity index (χ0) is 9.68. The van der Waals surface area contributed by atoms with Crippen LogP contribution in [0.25, 0.3) is 0 Å². The molecule has 1 aliphatic carbocycles. The Hall–Kier alpha value is -1.01. The molecule has 0 bridgehead atoms. The molecule has 0 spiro atoms. The van der Waals surface area contributed by atoms with Gasteiger partial charge in [-0.25, -0.2) is 0 Å². The lowest BCUT2D eigenvalue weighted by Crippen LogP contribution is -2.41. The highest BCUT2D eigenvalue weighted by molar-refractivity contribution is 5.93. The van der Waals surface area contributed by atoms with Gasteiger partial charge in [0, 0.05) is 19.1 Å². The number of rotatable bonds is 3. The van der Waals surface area contributed by atoms with E-state index in [9.17, 15) is 4.79 Å². The first-order valence-electron chi connectivity index (χ1n) is 4.77. The van der Waals surface area contributed by atoms with Gasteiger partial charge < -0.3 is 10.6 Å². The van der Waals surface area contributed by atoms with Crippen molar-refractivity contribution in [1.82, 2.24) is 4.90 Å². The molecule has 0 aromatic carbocycles. The third-order valence-corrected chi connectivity index (χ3v) is 2.52. The monoisotopic (exact) mass is 180 g/mol. The van der Waals surface area contributed by atoms with E-state index in [1.54, 1.807) is 4.90 Å². The Kier molecular flexibility index (Phi) is 3.78. The zero-order valence-corrected chi connectivity index (χ0v) is 7.83. The first-order chi connectivity index (χ1) is 6.29. The Labute approximate surface area is 79.3 Å². The highest BCUT2D eigenvalue weighted by Crippen LogP contribution is 2.23. The Morgan fingerprint density at radius 1 is 1.54 bits per heavy atom. The van der Waals surface area contributed by atoms with Crippen molar-refractivity contribution in [3.05, 3.63) is 0 Å². The van der Waals surface area contributed by atoms with Gasteiger partial charge in [0.05, 0.1) is 0 Å². The third kappa shape index (κ3) is 2.46. The Morgan fingerprint density at radius 2 is 2.15 bits per heavy atom. The largest absolute Gasteiger partial charge is 0.329 e. The average molecular weight is 180 g/mol. The number of hydrogen-bond acceptors (Lipinski definition) is 2. The van der Waals surface area contributed by atoms with Crippen LogP contribution in [0.1, 0.15) is 25.7 Å². The number of carbonyl (C=O) groups excluding carboxylic acids is 1. The van der Waals surface area contributed by atoms with Gasteiger partial charge in [0.15, 0.2) is 0 Å². The molecule has 13 heavy (non-hydrogen) atoms. The molecule has 0 atom stereocenters. The minimum atomic E-state index is -0.211. The number of hydrogen-bond donors (Lipinski definition) is 1. The van der Waals surface area contributed by atoms with Crippen molar-refractivity contribution in [3.8, 4) is 12.3 Å². The van der Waals surface area contributed by atoms with E-state index < -0.39 is 0 Å². The van der Waals surface area contributed by atoms with Crippen molar-refractivity contribution in [2.24, 2.45) is 5.73 Å². The van der Waals surface area contributed by atoms with E-state index in [1.807, 2.05) is 0 Å². The maximum absolute atomic E-state index is 11.3. The lowest BCUT2D eigenvalue weighted by atomic mass is 10.2. The second-order valence-corrected chi connectivity index (χ2v) is 3.37. The minimum Gasteiger partial charge on any atom is -0.329 e. The molecule has 0 aromatic rings. The van der Waals surface area contributed by atoms with Crippen LogP contribution in [0.15, 0.2) is 0 Å². The summed E-state index contributed by atoms with van der Waals surface area (Å²) in [6.07, 6.45) is 9.64. The van der Waals surface area contributed by atoms with Crippen LogP contribution < -0.4 is 5.73 Å². The van der Waals surface area contributed by atoms with Crippen LogP contribution in [0.3, 0.4) is 0 Å². The SMILES string of the molecule is C#CC(=O)N(CCN)C1CCCC1. The van der Waals surface area contributed by atoms with Gasteiger partial charge in [-0.2, -0.15) is 0 Å². The highest BCUT2D eigenvalue weighted by Gasteiger charge is 2.24. The smallest absolute Gasteiger partial charge is 0.298 e. The van der Waals surface area contributed by atoms with E-state index in [0.29, 0.717) is 19.1 Å². The summed E-state index contributed by atoms with van der Waals surface area (Å²) >= 11 is 0. The highest BCUT2D eigenvalue weighted by atomic mass is 16.2. The maximum Gasteiger partial charge on any atom is 0.298 e. The first kappa shape index (κ1) is 10.1. The molecule has 3 heteroatoms. The third-order valence-electron chi connectivity index (χ3n) is 2.52. The van der Waals surface area contributed by atoms with Gasteiger partial charge in [-0.3, -0.25) is 4.79 Å². The predicted molar refractivity (Wildman–Crippen MR) is 51.9 cm³/mol. The van der Waals surface area contributed by atoms with Crippen LogP contribution in [0.5, 0.6) is 0 Å². The van der Waals surface area contributed by atoms with Gasteiger partial charge >= 0.3 is 0 Å². The Morgan fingerprint density at radius 3 is 2.62 bits per heavy atom. The van der Waals surface area contributed by atoms with Crippen LogP contribution in [0.2, 0.25) is 0 Å². The van der Waals surface area contributed by atoms with Gasteiger partial charge in [0.25, 0.3) is 5.91 Å². The zero-order valence-electron chi connectivity index (χ0n) is 7.83. The maximum atomic E-state index is 11.3. The fraction of sp³-hybridized carbons (Fsp3) is 0.700. The van der Waals surface area contributed by atoms with Crippen LogP contribution in [-0.2, 0) is 4.79 Å². The van der Waals surface area contributed by atoms with Gasteiger partial charge in [-0.1, -0.05) is 12.8 Å². The molecular weight excluding hydrogens is 164 g/mol. The summed E-state index contributed by atoms with van der Waals surface area (Å²) in [6, 6.07) is 0.340. The fourth-order valence-electron chi connectivity index (χ4n) is 1.89. The molecule has 1 aliphatic rings. The summed E-state index contributed by atoms with van der Waals surface area (Å²) in [6.45, 7) is 1.08. The van der Waals surface area contributed by atoms with E-state index in [0.717, 1.165) is 12.8 Å². The van der Waals surface area contributed by atoms with Gasteiger partial charge in [-0.15, -0.1) is 6.42 Å². The first-order valence-corrected chi connectivity index (χ1v) is 4.77. The topological polar surface area (TPSA) is 46.3 Å². The molecule has 0 saturated heterocycles. The van der Waals surface area contributed by atoms with Crippen LogP contribution >= 0.6 is 0 Å². The molecule has 0 aliphatic heterocycles. The van der Waals surface area contributed by atoms with Crippen LogP contribution in [0, 0.1) is 12.3 Å². The summed E-state index contributed by atoms with van der Waals surface area (Å²) in [5.74, 6) is 1.95. The van der Waals surface area contributed by atoms with E-state index in [1.165, 1.54) is 12.8 Å². The molecule has 0 heterocycles. The second kappa shape index (κ2) is 4.88. The second-order valence-electron chi connectivity index (χ2n) is 3.37. The Bertz CT molecular complexity index is 213. The summed E-state index contributed by atoms with van der Waals surface area (Å²) in [5.41, 5.74) is 5.43. The van der Waals surface area contributed by atoms with Crippen molar-refractivity contribution in [3.63, 3.8) is 0 Å². The predicted octanol–water partition coefficient (Wildman–Crippen LogP) is 0.349. The summed E-state index contributed by atoms with van der Waals surface area (Å²) in [4.78, 5) is 13.1. The van der Waals surface area contributed by atoms with Crippen molar-refractivity contribution in [2.45, 2.75) is 31.7 Å². The van der Waals surface area contributed by atoms with Crippen molar-refractivity contribution in [2.75, 3.05) is 13.1 Å². The molecule has 0 unspecified atom stereocenters. The molecule has 0 aromatic heterocycles. The summed E-state index contributed by atoms with van der Waals surface area (Å²) in [7, 11) is 0. The van der Waals surface area contributed by atoms with Gasteiger partial charge in [-0.05, 0) is 18.8 Å². The Balaban J connectivity index is 2.56.